The monoisotopic (exact) mass is 238 g/mol. The summed E-state index contributed by atoms with van der Waals surface area (Å²) in [6.45, 7) is 2.51. The average molecular weight is 238 g/mol. The van der Waals surface area contributed by atoms with E-state index in [0.29, 0.717) is 6.54 Å². The number of hydrogen-bond acceptors (Lipinski definition) is 3. The Morgan fingerprint density at radius 3 is 2.94 bits per heavy atom. The van der Waals surface area contributed by atoms with Gasteiger partial charge >= 0.3 is 0 Å². The number of nitrogens with two attached hydrogens (primary N) is 1. The summed E-state index contributed by atoms with van der Waals surface area (Å²) < 4.78 is 0. The number of rotatable bonds is 2. The van der Waals surface area contributed by atoms with Gasteiger partial charge in [-0.05, 0) is 36.2 Å². The molecule has 0 amide bonds. The van der Waals surface area contributed by atoms with E-state index in [4.69, 9.17) is 5.73 Å². The molecule has 0 bridgehead atoms. The van der Waals surface area contributed by atoms with Crippen molar-refractivity contribution in [2.45, 2.75) is 13.5 Å². The summed E-state index contributed by atoms with van der Waals surface area (Å²) in [5.74, 6) is 0. The second-order valence-electron chi connectivity index (χ2n) is 4.29. The molecule has 4 heteroatoms. The minimum Gasteiger partial charge on any atom is -0.346 e. The van der Waals surface area contributed by atoms with E-state index in [-0.39, 0.29) is 0 Å². The molecule has 0 atom stereocenters. The molecule has 0 spiro atoms. The van der Waals surface area contributed by atoms with Crippen molar-refractivity contribution in [2.75, 3.05) is 0 Å². The molecule has 3 rings (SSSR count). The third kappa shape index (κ3) is 1.67. The number of H-pyrrole nitrogens is 1. The van der Waals surface area contributed by atoms with Crippen molar-refractivity contribution in [1.82, 2.24) is 15.0 Å². The van der Waals surface area contributed by atoms with Crippen LogP contribution in [0.5, 0.6) is 0 Å². The molecule has 3 heterocycles. The molecule has 90 valence electrons. The van der Waals surface area contributed by atoms with E-state index in [2.05, 4.69) is 21.0 Å². The number of nitrogens with one attached hydrogen (secondary N) is 1. The van der Waals surface area contributed by atoms with Crippen LogP contribution in [0.25, 0.3) is 22.2 Å². The Kier molecular flexibility index (Phi) is 2.57. The van der Waals surface area contributed by atoms with Crippen molar-refractivity contribution in [3.8, 4) is 11.1 Å². The van der Waals surface area contributed by atoms with Crippen LogP contribution in [-0.2, 0) is 6.54 Å². The van der Waals surface area contributed by atoms with Gasteiger partial charge in [0.15, 0.2) is 0 Å². The fourth-order valence-corrected chi connectivity index (χ4v) is 2.18. The molecular weight excluding hydrogens is 224 g/mol. The van der Waals surface area contributed by atoms with E-state index in [9.17, 15) is 0 Å². The summed E-state index contributed by atoms with van der Waals surface area (Å²) >= 11 is 0. The zero-order chi connectivity index (χ0) is 12.5. The van der Waals surface area contributed by atoms with Gasteiger partial charge in [-0.15, -0.1) is 0 Å². The Bertz CT molecular complexity index is 700. The first-order valence-corrected chi connectivity index (χ1v) is 5.87. The lowest BCUT2D eigenvalue weighted by atomic mass is 10.0. The molecule has 0 unspecified atom stereocenters. The van der Waals surface area contributed by atoms with Crippen LogP contribution in [0.3, 0.4) is 0 Å². The lowest BCUT2D eigenvalue weighted by molar-refractivity contribution is 0.970. The maximum Gasteiger partial charge on any atom is 0.137 e. The predicted octanol–water partition coefficient (Wildman–Crippen LogP) is 2.39. The quantitative estimate of drug-likeness (QED) is 0.720. The number of nitrogens with zero attached hydrogens (tertiary/aromatic N) is 2. The van der Waals surface area contributed by atoms with Crippen LogP contribution < -0.4 is 5.73 Å². The van der Waals surface area contributed by atoms with Crippen LogP contribution in [0.15, 0.2) is 36.8 Å². The zero-order valence-corrected chi connectivity index (χ0v) is 10.1. The Labute approximate surface area is 105 Å². The molecule has 3 aromatic rings. The molecule has 0 saturated heterocycles. The number of pyridine rings is 2. The van der Waals surface area contributed by atoms with Gasteiger partial charge in [0.25, 0.3) is 0 Å². The molecule has 0 aliphatic heterocycles. The maximum absolute atomic E-state index is 5.64. The van der Waals surface area contributed by atoms with E-state index in [1.165, 1.54) is 0 Å². The van der Waals surface area contributed by atoms with E-state index in [1.807, 2.05) is 31.5 Å². The smallest absolute Gasteiger partial charge is 0.137 e. The molecule has 0 saturated carbocycles. The van der Waals surface area contributed by atoms with Gasteiger partial charge in [0.2, 0.25) is 0 Å². The Morgan fingerprint density at radius 1 is 1.28 bits per heavy atom. The number of fused-ring (bicyclic) bond motifs is 1. The molecule has 18 heavy (non-hydrogen) atoms. The molecule has 3 aromatic heterocycles. The molecule has 3 N–H and O–H groups in total. The first-order valence-electron chi connectivity index (χ1n) is 5.87. The van der Waals surface area contributed by atoms with Gasteiger partial charge in [0.1, 0.15) is 5.65 Å². The molecule has 0 radical (unpaired) electrons. The lowest BCUT2D eigenvalue weighted by Gasteiger charge is -2.07. The lowest BCUT2D eigenvalue weighted by Crippen LogP contribution is -2.02. The normalized spacial score (nSPS) is 11.0. The van der Waals surface area contributed by atoms with Gasteiger partial charge in [-0.3, -0.25) is 4.98 Å². The summed E-state index contributed by atoms with van der Waals surface area (Å²) in [5.41, 5.74) is 10.8. The third-order valence-electron chi connectivity index (χ3n) is 3.15. The van der Waals surface area contributed by atoms with Crippen LogP contribution in [0.1, 0.15) is 11.3 Å². The Morgan fingerprint density at radius 2 is 2.17 bits per heavy atom. The van der Waals surface area contributed by atoms with Crippen molar-refractivity contribution < 1.29 is 0 Å². The first kappa shape index (κ1) is 10.9. The van der Waals surface area contributed by atoms with E-state index >= 15 is 0 Å². The molecule has 0 aromatic carbocycles. The molecular formula is C14H14N4. The van der Waals surface area contributed by atoms with Gasteiger partial charge in [-0.25, -0.2) is 4.98 Å². The number of aryl methyl sites for hydroxylation is 1. The standard InChI is InChI=1S/C14H14N4/c1-9-6-10(8-18-13(9)7-15)11-2-4-16-14-12(11)3-5-17-14/h2-6,8H,7,15H2,1H3,(H,16,17). The van der Waals surface area contributed by atoms with Crippen LogP contribution in [0.4, 0.5) is 0 Å². The van der Waals surface area contributed by atoms with Gasteiger partial charge in [0, 0.05) is 36.1 Å². The number of aromatic nitrogens is 3. The highest BCUT2D eigenvalue weighted by atomic mass is 14.8. The highest BCUT2D eigenvalue weighted by Gasteiger charge is 2.07. The first-order chi connectivity index (χ1) is 8.79. The fraction of sp³-hybridized carbons (Fsp3) is 0.143. The van der Waals surface area contributed by atoms with Crippen molar-refractivity contribution in [1.29, 1.82) is 0 Å². The number of aromatic amines is 1. The summed E-state index contributed by atoms with van der Waals surface area (Å²) in [7, 11) is 0. The van der Waals surface area contributed by atoms with Gasteiger partial charge < -0.3 is 10.7 Å². The molecule has 4 nitrogen and oxygen atoms in total. The Hall–Kier alpha value is -2.20. The van der Waals surface area contributed by atoms with Crippen molar-refractivity contribution >= 4 is 11.0 Å². The average Bonchev–Trinajstić information content (AvgIpc) is 2.86. The summed E-state index contributed by atoms with van der Waals surface area (Å²) in [5, 5.41) is 1.11. The van der Waals surface area contributed by atoms with E-state index in [1.54, 1.807) is 6.20 Å². The minimum atomic E-state index is 0.474. The van der Waals surface area contributed by atoms with Crippen molar-refractivity contribution in [3.63, 3.8) is 0 Å². The summed E-state index contributed by atoms with van der Waals surface area (Å²) in [6, 6.07) is 6.16. The second-order valence-corrected chi connectivity index (χ2v) is 4.29. The zero-order valence-electron chi connectivity index (χ0n) is 10.1. The second kappa shape index (κ2) is 4.23. The van der Waals surface area contributed by atoms with Crippen LogP contribution in [0.2, 0.25) is 0 Å². The number of hydrogen-bond donors (Lipinski definition) is 2. The van der Waals surface area contributed by atoms with Crippen LogP contribution in [-0.4, -0.2) is 15.0 Å². The van der Waals surface area contributed by atoms with Gasteiger partial charge in [-0.2, -0.15) is 0 Å². The van der Waals surface area contributed by atoms with Gasteiger partial charge in [0.05, 0.1) is 5.69 Å². The SMILES string of the molecule is Cc1cc(-c2ccnc3[nH]ccc23)cnc1CN. The summed E-state index contributed by atoms with van der Waals surface area (Å²) in [6.07, 6.45) is 5.58. The molecule has 0 aliphatic rings. The van der Waals surface area contributed by atoms with Crippen molar-refractivity contribution in [3.05, 3.63) is 48.0 Å². The predicted molar refractivity (Wildman–Crippen MR) is 72.0 cm³/mol. The minimum absolute atomic E-state index is 0.474. The van der Waals surface area contributed by atoms with Crippen LogP contribution in [0, 0.1) is 6.92 Å². The molecule has 0 fully saturated rings. The van der Waals surface area contributed by atoms with Gasteiger partial charge in [-0.1, -0.05) is 0 Å². The fourth-order valence-electron chi connectivity index (χ4n) is 2.18. The topological polar surface area (TPSA) is 67.6 Å². The van der Waals surface area contributed by atoms with E-state index < -0.39 is 0 Å². The largest absolute Gasteiger partial charge is 0.346 e. The Balaban J connectivity index is 2.20. The van der Waals surface area contributed by atoms with Crippen molar-refractivity contribution in [2.24, 2.45) is 5.73 Å². The van der Waals surface area contributed by atoms with E-state index in [0.717, 1.165) is 33.4 Å². The maximum atomic E-state index is 5.64. The highest BCUT2D eigenvalue weighted by Crippen LogP contribution is 2.27. The summed E-state index contributed by atoms with van der Waals surface area (Å²) in [4.78, 5) is 11.8. The third-order valence-corrected chi connectivity index (χ3v) is 3.15. The molecule has 0 aliphatic carbocycles. The van der Waals surface area contributed by atoms with Crippen LogP contribution >= 0.6 is 0 Å². The highest BCUT2D eigenvalue weighted by molar-refractivity contribution is 5.92.